The number of fused-ring (bicyclic) bond motifs is 1. The number of rotatable bonds is 3. The van der Waals surface area contributed by atoms with Crippen LogP contribution in [0.2, 0.25) is 1.41 Å². The minimum atomic E-state index is 0.552. The monoisotopic (exact) mass is 399 g/mol. The van der Waals surface area contributed by atoms with Gasteiger partial charge in [-0.2, -0.15) is 15.0 Å². The Kier molecular flexibility index (Phi) is 4.37. The molecule has 2 aromatic heterocycles. The van der Waals surface area contributed by atoms with Gasteiger partial charge in [0.05, 0.1) is 23.4 Å². The van der Waals surface area contributed by atoms with E-state index in [-0.39, 0.29) is 0 Å². The first-order valence-electron chi connectivity index (χ1n) is 9.84. The molecule has 28 heavy (non-hydrogen) atoms. The Morgan fingerprint density at radius 2 is 1.71 bits per heavy atom. The SMILES string of the molecule is [2H]N1CCN(c2nc(-c3ccc4nc(N)sc4c3)nc(N3CCOCC3)n2)CC1. The van der Waals surface area contributed by atoms with Crippen molar-refractivity contribution in [2.75, 3.05) is 68.0 Å². The molecule has 2 aliphatic heterocycles. The van der Waals surface area contributed by atoms with Gasteiger partial charge in [-0.25, -0.2) is 4.98 Å². The van der Waals surface area contributed by atoms with E-state index in [1.54, 1.807) is 5.31 Å². The lowest BCUT2D eigenvalue weighted by Gasteiger charge is -2.30. The lowest BCUT2D eigenvalue weighted by atomic mass is 10.2. The highest BCUT2D eigenvalue weighted by molar-refractivity contribution is 7.22. The number of thiazole rings is 1. The van der Waals surface area contributed by atoms with Crippen molar-refractivity contribution in [1.29, 1.82) is 0 Å². The molecule has 0 unspecified atom stereocenters. The molecule has 2 fully saturated rings. The van der Waals surface area contributed by atoms with Gasteiger partial charge in [0.15, 0.2) is 11.0 Å². The van der Waals surface area contributed by atoms with Crippen molar-refractivity contribution in [1.82, 2.24) is 25.2 Å². The van der Waals surface area contributed by atoms with Gasteiger partial charge in [-0.15, -0.1) is 0 Å². The molecule has 2 aliphatic rings. The van der Waals surface area contributed by atoms with Crippen LogP contribution in [0, 0.1) is 0 Å². The number of aromatic nitrogens is 4. The summed E-state index contributed by atoms with van der Waals surface area (Å²) in [7, 11) is 0. The summed E-state index contributed by atoms with van der Waals surface area (Å²) in [6.45, 7) is 5.63. The maximum atomic E-state index is 7.80. The van der Waals surface area contributed by atoms with Crippen molar-refractivity contribution in [2.24, 2.45) is 0 Å². The van der Waals surface area contributed by atoms with E-state index in [1.165, 1.54) is 11.3 Å². The maximum Gasteiger partial charge on any atom is 0.230 e. The fourth-order valence-electron chi connectivity index (χ4n) is 3.42. The van der Waals surface area contributed by atoms with Crippen LogP contribution in [0.3, 0.4) is 0 Å². The number of hydrogen-bond acceptors (Lipinski definition) is 10. The summed E-state index contributed by atoms with van der Waals surface area (Å²) in [5.74, 6) is 1.97. The molecule has 1 aromatic carbocycles. The molecule has 5 rings (SSSR count). The van der Waals surface area contributed by atoms with Crippen LogP contribution in [0.4, 0.5) is 17.0 Å². The summed E-state index contributed by atoms with van der Waals surface area (Å²) >= 11 is 1.46. The first-order valence-corrected chi connectivity index (χ1v) is 10.2. The summed E-state index contributed by atoms with van der Waals surface area (Å²) in [5.41, 5.74) is 7.65. The van der Waals surface area contributed by atoms with Crippen molar-refractivity contribution in [3.8, 4) is 11.4 Å². The van der Waals surface area contributed by atoms with E-state index in [9.17, 15) is 0 Å². The van der Waals surface area contributed by atoms with Crippen molar-refractivity contribution in [2.45, 2.75) is 0 Å². The van der Waals surface area contributed by atoms with Crippen LogP contribution in [-0.2, 0) is 4.74 Å². The Labute approximate surface area is 168 Å². The topological polar surface area (TPSA) is 105 Å². The van der Waals surface area contributed by atoms with E-state index in [2.05, 4.69) is 14.8 Å². The largest absolute Gasteiger partial charge is 0.378 e. The van der Waals surface area contributed by atoms with Gasteiger partial charge in [-0.3, -0.25) is 0 Å². The van der Waals surface area contributed by atoms with Crippen molar-refractivity contribution in [3.63, 3.8) is 0 Å². The Hall–Kier alpha value is -2.56. The van der Waals surface area contributed by atoms with Crippen LogP contribution in [0.25, 0.3) is 21.6 Å². The molecule has 2 saturated heterocycles. The second-order valence-electron chi connectivity index (χ2n) is 6.75. The van der Waals surface area contributed by atoms with Gasteiger partial charge in [-0.1, -0.05) is 11.3 Å². The fraction of sp³-hybridized carbons (Fsp3) is 0.444. The molecule has 0 bridgehead atoms. The Morgan fingerprint density at radius 3 is 2.46 bits per heavy atom. The number of piperazine rings is 1. The minimum Gasteiger partial charge on any atom is -0.378 e. The molecule has 3 aromatic rings. The minimum absolute atomic E-state index is 0.552. The van der Waals surface area contributed by atoms with Crippen LogP contribution < -0.4 is 20.8 Å². The third-order valence-corrected chi connectivity index (χ3v) is 5.76. The highest BCUT2D eigenvalue weighted by Gasteiger charge is 2.21. The zero-order valence-corrected chi connectivity index (χ0v) is 16.2. The number of morpholine rings is 1. The molecule has 0 atom stereocenters. The second kappa shape index (κ2) is 7.46. The van der Waals surface area contributed by atoms with E-state index in [1.807, 2.05) is 18.2 Å². The zero-order valence-electron chi connectivity index (χ0n) is 16.4. The number of nitrogen functional groups attached to an aromatic ring is 1. The Morgan fingerprint density at radius 1 is 1.00 bits per heavy atom. The number of anilines is 3. The standard InChI is InChI=1S/C18H22N8OS/c19-16-21-13-2-1-12(11-14(13)28-16)15-22-17(25-5-3-20-4-6-25)24-18(23-15)26-7-9-27-10-8-26/h1-2,11,20H,3-10H2,(H2,19,21)/i/hD. The van der Waals surface area contributed by atoms with E-state index in [4.69, 9.17) is 26.8 Å². The molecule has 0 amide bonds. The molecule has 9 nitrogen and oxygen atoms in total. The second-order valence-corrected chi connectivity index (χ2v) is 7.81. The van der Waals surface area contributed by atoms with Gasteiger partial charge in [0.25, 0.3) is 0 Å². The number of benzene rings is 1. The third-order valence-electron chi connectivity index (χ3n) is 4.91. The van der Waals surface area contributed by atoms with Crippen LogP contribution in [0.15, 0.2) is 18.2 Å². The fourth-order valence-corrected chi connectivity index (χ4v) is 4.19. The van der Waals surface area contributed by atoms with Crippen molar-refractivity contribution < 1.29 is 6.15 Å². The van der Waals surface area contributed by atoms with Gasteiger partial charge in [0.1, 0.15) is 1.41 Å². The summed E-state index contributed by atoms with van der Waals surface area (Å²) in [6.07, 6.45) is 0. The van der Waals surface area contributed by atoms with Gasteiger partial charge in [0, 0.05) is 44.8 Å². The predicted octanol–water partition coefficient (Wildman–Crippen LogP) is 0.977. The first kappa shape index (κ1) is 16.4. The van der Waals surface area contributed by atoms with E-state index < -0.39 is 0 Å². The van der Waals surface area contributed by atoms with Gasteiger partial charge in [0.2, 0.25) is 11.9 Å². The summed E-state index contributed by atoms with van der Waals surface area (Å²) in [6, 6.07) is 5.97. The molecule has 4 heterocycles. The van der Waals surface area contributed by atoms with Gasteiger partial charge < -0.3 is 25.6 Å². The smallest absolute Gasteiger partial charge is 0.230 e. The number of ether oxygens (including phenoxy) is 1. The normalized spacial score (nSPS) is 19.2. The molecule has 10 heteroatoms. The summed E-state index contributed by atoms with van der Waals surface area (Å²) in [5, 5.41) is 2.12. The molecule has 0 radical (unpaired) electrons. The lowest BCUT2D eigenvalue weighted by Crippen LogP contribution is -2.44. The lowest BCUT2D eigenvalue weighted by molar-refractivity contribution is 0.122. The number of nitrogens with two attached hydrogens (primary N) is 1. The van der Waals surface area contributed by atoms with Gasteiger partial charge >= 0.3 is 0 Å². The molecule has 146 valence electrons. The summed E-state index contributed by atoms with van der Waals surface area (Å²) in [4.78, 5) is 22.9. The Bertz CT molecular complexity index is 1020. The first-order chi connectivity index (χ1) is 14.2. The molecule has 0 aliphatic carbocycles. The molecule has 0 spiro atoms. The van der Waals surface area contributed by atoms with Crippen LogP contribution in [0.5, 0.6) is 0 Å². The number of nitrogens with zero attached hydrogens (tertiary/aromatic N) is 6. The third kappa shape index (κ3) is 3.46. The summed E-state index contributed by atoms with van der Waals surface area (Å²) < 4.78 is 14.3. The average Bonchev–Trinajstić information content (AvgIpc) is 3.14. The number of nitrogens with one attached hydrogen (secondary N) is 1. The van der Waals surface area contributed by atoms with Crippen LogP contribution in [-0.4, -0.2) is 72.4 Å². The molecular weight excluding hydrogens is 376 g/mol. The van der Waals surface area contributed by atoms with Crippen molar-refractivity contribution >= 4 is 38.6 Å². The maximum absolute atomic E-state index is 7.80. The molecular formula is C18H22N8OS. The van der Waals surface area contributed by atoms with E-state index in [0.717, 1.165) is 42.0 Å². The van der Waals surface area contributed by atoms with Gasteiger partial charge in [-0.05, 0) is 18.2 Å². The van der Waals surface area contributed by atoms with Crippen molar-refractivity contribution in [3.05, 3.63) is 18.2 Å². The van der Waals surface area contributed by atoms with Crippen LogP contribution >= 0.6 is 11.3 Å². The number of hydrogen-bond donors (Lipinski definition) is 2. The Balaban J connectivity index is 1.55. The highest BCUT2D eigenvalue weighted by atomic mass is 32.1. The average molecular weight is 400 g/mol. The van der Waals surface area contributed by atoms with Crippen LogP contribution in [0.1, 0.15) is 0 Å². The zero-order chi connectivity index (χ0) is 19.8. The predicted molar refractivity (Wildman–Crippen MR) is 111 cm³/mol. The highest BCUT2D eigenvalue weighted by Crippen LogP contribution is 2.29. The molecule has 0 saturated carbocycles. The quantitative estimate of drug-likeness (QED) is 0.666. The molecule has 3 N–H and O–H groups in total. The van der Waals surface area contributed by atoms with E-state index in [0.29, 0.717) is 49.2 Å². The van der Waals surface area contributed by atoms with E-state index >= 15 is 0 Å².